The number of carbonyl (C=O) groups is 2. The van der Waals surface area contributed by atoms with E-state index in [4.69, 9.17) is 4.74 Å². The van der Waals surface area contributed by atoms with E-state index < -0.39 is 11.7 Å². The standard InChI is InChI=1S/C27H34N2O3/c1-18(2)28-16-23(29(17-24(28)30)26(31)32-27(3,4)5)25-21-12-8-6-10-19(21)14-15-20-11-7-9-13-22(20)25/h6-13,18,23,25H,14-17H2,1-5H3/t23-/m1/s1. The summed E-state index contributed by atoms with van der Waals surface area (Å²) in [5.74, 6) is -0.0518. The summed E-state index contributed by atoms with van der Waals surface area (Å²) in [6.45, 7) is 10.2. The van der Waals surface area contributed by atoms with Gasteiger partial charge >= 0.3 is 6.09 Å². The third-order valence-corrected chi connectivity index (χ3v) is 6.49. The predicted molar refractivity (Wildman–Crippen MR) is 126 cm³/mol. The molecule has 0 spiro atoms. The molecule has 1 atom stereocenters. The van der Waals surface area contributed by atoms with Crippen molar-refractivity contribution in [2.75, 3.05) is 13.1 Å². The highest BCUT2D eigenvalue weighted by Gasteiger charge is 2.44. The van der Waals surface area contributed by atoms with Crippen molar-refractivity contribution in [3.8, 4) is 0 Å². The maximum Gasteiger partial charge on any atom is 0.411 e. The number of piperazine rings is 1. The van der Waals surface area contributed by atoms with Gasteiger partial charge in [-0.1, -0.05) is 48.5 Å². The van der Waals surface area contributed by atoms with Crippen molar-refractivity contribution in [3.05, 3.63) is 70.8 Å². The number of amides is 2. The molecule has 0 radical (unpaired) electrons. The van der Waals surface area contributed by atoms with E-state index >= 15 is 0 Å². The highest BCUT2D eigenvalue weighted by Crippen LogP contribution is 2.40. The molecule has 32 heavy (non-hydrogen) atoms. The van der Waals surface area contributed by atoms with E-state index in [2.05, 4.69) is 48.5 Å². The van der Waals surface area contributed by atoms with E-state index in [1.165, 1.54) is 22.3 Å². The van der Waals surface area contributed by atoms with Gasteiger partial charge in [0.1, 0.15) is 12.1 Å². The summed E-state index contributed by atoms with van der Waals surface area (Å²) in [5.41, 5.74) is 4.49. The zero-order valence-corrected chi connectivity index (χ0v) is 19.8. The minimum atomic E-state index is -0.626. The van der Waals surface area contributed by atoms with Gasteiger partial charge in [-0.25, -0.2) is 4.79 Å². The molecule has 1 aliphatic carbocycles. The Bertz CT molecular complexity index is 960. The summed E-state index contributed by atoms with van der Waals surface area (Å²) in [7, 11) is 0. The summed E-state index contributed by atoms with van der Waals surface area (Å²) in [4.78, 5) is 29.9. The Kier molecular flexibility index (Phi) is 6.02. The molecular formula is C27H34N2O3. The Morgan fingerprint density at radius 1 is 0.969 bits per heavy atom. The number of rotatable bonds is 2. The Hall–Kier alpha value is -2.82. The highest BCUT2D eigenvalue weighted by atomic mass is 16.6. The van der Waals surface area contributed by atoms with Gasteiger partial charge in [0.15, 0.2) is 0 Å². The lowest BCUT2D eigenvalue weighted by Crippen LogP contribution is -2.61. The average molecular weight is 435 g/mol. The minimum Gasteiger partial charge on any atom is -0.444 e. The first-order valence-corrected chi connectivity index (χ1v) is 11.6. The van der Waals surface area contributed by atoms with Crippen LogP contribution >= 0.6 is 0 Å². The zero-order valence-electron chi connectivity index (χ0n) is 19.8. The van der Waals surface area contributed by atoms with Crippen LogP contribution in [0.5, 0.6) is 0 Å². The monoisotopic (exact) mass is 434 g/mol. The fraction of sp³-hybridized carbons (Fsp3) is 0.481. The van der Waals surface area contributed by atoms with Crippen LogP contribution < -0.4 is 0 Å². The fourth-order valence-electron chi connectivity index (χ4n) is 5.04. The Morgan fingerprint density at radius 2 is 1.50 bits per heavy atom. The van der Waals surface area contributed by atoms with E-state index in [9.17, 15) is 9.59 Å². The van der Waals surface area contributed by atoms with Crippen molar-refractivity contribution in [3.63, 3.8) is 0 Å². The van der Waals surface area contributed by atoms with E-state index in [1.807, 2.05) is 39.5 Å². The summed E-state index contributed by atoms with van der Waals surface area (Å²) in [6, 6.07) is 17.0. The third-order valence-electron chi connectivity index (χ3n) is 6.49. The van der Waals surface area contributed by atoms with Gasteiger partial charge in [-0.2, -0.15) is 0 Å². The molecule has 2 aliphatic rings. The largest absolute Gasteiger partial charge is 0.444 e. The predicted octanol–water partition coefficient (Wildman–Crippen LogP) is 4.77. The third kappa shape index (κ3) is 4.38. The number of ether oxygens (including phenoxy) is 1. The van der Waals surface area contributed by atoms with Crippen LogP contribution in [0, 0.1) is 0 Å². The molecule has 2 aromatic rings. The van der Waals surface area contributed by atoms with E-state index in [1.54, 1.807) is 4.90 Å². The second kappa shape index (κ2) is 8.61. The van der Waals surface area contributed by atoms with Gasteiger partial charge in [-0.05, 0) is 69.7 Å². The van der Waals surface area contributed by atoms with Gasteiger partial charge in [-0.3, -0.25) is 9.69 Å². The summed E-state index contributed by atoms with van der Waals surface area (Å²) < 4.78 is 5.77. The van der Waals surface area contributed by atoms with Gasteiger partial charge in [0.05, 0.1) is 6.04 Å². The van der Waals surface area contributed by atoms with Crippen LogP contribution in [-0.2, 0) is 22.4 Å². The number of benzene rings is 2. The molecular weight excluding hydrogens is 400 g/mol. The summed E-state index contributed by atoms with van der Waals surface area (Å²) in [6.07, 6.45) is 1.52. The molecule has 5 nitrogen and oxygen atoms in total. The lowest BCUT2D eigenvalue weighted by atomic mass is 9.80. The quantitative estimate of drug-likeness (QED) is 0.684. The second-order valence-corrected chi connectivity index (χ2v) is 10.2. The van der Waals surface area contributed by atoms with Crippen LogP contribution in [0.25, 0.3) is 0 Å². The Labute approximate surface area is 191 Å². The van der Waals surface area contributed by atoms with Gasteiger partial charge in [-0.15, -0.1) is 0 Å². The lowest BCUT2D eigenvalue weighted by molar-refractivity contribution is -0.140. The molecule has 1 fully saturated rings. The van der Waals surface area contributed by atoms with Gasteiger partial charge in [0, 0.05) is 18.5 Å². The SMILES string of the molecule is CC(C)N1C[C@H](C2c3ccccc3CCc3ccccc32)N(C(=O)OC(C)(C)C)CC1=O. The summed E-state index contributed by atoms with van der Waals surface area (Å²) in [5, 5.41) is 0. The molecule has 1 heterocycles. The van der Waals surface area contributed by atoms with Crippen molar-refractivity contribution in [1.29, 1.82) is 0 Å². The molecule has 1 aliphatic heterocycles. The van der Waals surface area contributed by atoms with Crippen LogP contribution in [0.3, 0.4) is 0 Å². The Morgan fingerprint density at radius 3 is 2.00 bits per heavy atom. The molecule has 2 amide bonds. The number of aryl methyl sites for hydroxylation is 2. The van der Waals surface area contributed by atoms with Crippen LogP contribution in [0.4, 0.5) is 4.79 Å². The fourth-order valence-corrected chi connectivity index (χ4v) is 5.04. The summed E-state index contributed by atoms with van der Waals surface area (Å²) >= 11 is 0. The molecule has 170 valence electrons. The first-order valence-electron chi connectivity index (χ1n) is 11.6. The topological polar surface area (TPSA) is 49.9 Å². The minimum absolute atomic E-state index is 0.0215. The number of hydrogen-bond donors (Lipinski definition) is 0. The van der Waals surface area contributed by atoms with Crippen molar-refractivity contribution in [2.45, 2.75) is 71.1 Å². The first kappa shape index (κ1) is 22.4. The van der Waals surface area contributed by atoms with Crippen molar-refractivity contribution < 1.29 is 14.3 Å². The van der Waals surface area contributed by atoms with Crippen LogP contribution in [-0.4, -0.2) is 52.6 Å². The maximum atomic E-state index is 13.3. The molecule has 1 saturated heterocycles. The highest BCUT2D eigenvalue weighted by molar-refractivity contribution is 5.84. The van der Waals surface area contributed by atoms with E-state index in [-0.39, 0.29) is 30.5 Å². The average Bonchev–Trinajstić information content (AvgIpc) is 2.89. The van der Waals surface area contributed by atoms with Crippen LogP contribution in [0.15, 0.2) is 48.5 Å². The molecule has 0 aromatic heterocycles. The molecule has 0 saturated carbocycles. The zero-order chi connectivity index (χ0) is 23.0. The van der Waals surface area contributed by atoms with Gasteiger partial charge in [0.2, 0.25) is 5.91 Å². The van der Waals surface area contributed by atoms with Gasteiger partial charge in [0.25, 0.3) is 0 Å². The Balaban J connectivity index is 1.85. The van der Waals surface area contributed by atoms with Gasteiger partial charge < -0.3 is 9.64 Å². The number of nitrogens with zero attached hydrogens (tertiary/aromatic N) is 2. The molecule has 0 bridgehead atoms. The first-order chi connectivity index (χ1) is 15.2. The van der Waals surface area contributed by atoms with E-state index in [0.29, 0.717) is 6.54 Å². The molecule has 2 aromatic carbocycles. The second-order valence-electron chi connectivity index (χ2n) is 10.2. The number of hydrogen-bond acceptors (Lipinski definition) is 3. The smallest absolute Gasteiger partial charge is 0.411 e. The van der Waals surface area contributed by atoms with E-state index in [0.717, 1.165) is 12.8 Å². The van der Waals surface area contributed by atoms with Crippen LogP contribution in [0.1, 0.15) is 62.8 Å². The van der Waals surface area contributed by atoms with Crippen molar-refractivity contribution in [1.82, 2.24) is 9.80 Å². The molecule has 0 N–H and O–H groups in total. The van der Waals surface area contributed by atoms with Crippen molar-refractivity contribution in [2.24, 2.45) is 0 Å². The lowest BCUT2D eigenvalue weighted by Gasteiger charge is -2.46. The normalized spacial score (nSPS) is 19.4. The number of carbonyl (C=O) groups excluding carboxylic acids is 2. The van der Waals surface area contributed by atoms with Crippen molar-refractivity contribution >= 4 is 12.0 Å². The van der Waals surface area contributed by atoms with Crippen LogP contribution in [0.2, 0.25) is 0 Å². The number of fused-ring (bicyclic) bond motifs is 2. The molecule has 4 rings (SSSR count). The maximum absolute atomic E-state index is 13.3. The molecule has 5 heteroatoms. The molecule has 0 unspecified atom stereocenters.